The molecular weight excluding hydrogens is 403 g/mol. The molecule has 1 saturated heterocycles. The standard InChI is InChI=1S/C26H27FN4O/c1-19(18-30-14-16-31(17-15-30)23-12-10-22(27)11-13-23)20-6-8-21(9-7-20)26(32)29-25-5-3-2-4-24(25)28/h2-13H,1,14-18,28H2,(H,29,32). The van der Waals surface area contributed by atoms with Gasteiger partial charge in [0.25, 0.3) is 5.91 Å². The van der Waals surface area contributed by atoms with Gasteiger partial charge in [0.15, 0.2) is 0 Å². The number of hydrogen-bond donors (Lipinski definition) is 2. The van der Waals surface area contributed by atoms with Crippen LogP contribution >= 0.6 is 0 Å². The van der Waals surface area contributed by atoms with Gasteiger partial charge in [0, 0.05) is 44.0 Å². The summed E-state index contributed by atoms with van der Waals surface area (Å²) in [6.07, 6.45) is 0. The second kappa shape index (κ2) is 9.66. The van der Waals surface area contributed by atoms with Crippen LogP contribution in [0.25, 0.3) is 5.57 Å². The summed E-state index contributed by atoms with van der Waals surface area (Å²) in [5.41, 5.74) is 10.7. The first-order valence-corrected chi connectivity index (χ1v) is 10.7. The summed E-state index contributed by atoms with van der Waals surface area (Å²) in [5.74, 6) is -0.409. The third kappa shape index (κ3) is 5.15. The van der Waals surface area contributed by atoms with Crippen molar-refractivity contribution in [2.45, 2.75) is 0 Å². The molecule has 32 heavy (non-hydrogen) atoms. The molecule has 4 rings (SSSR count). The number of hydrogen-bond acceptors (Lipinski definition) is 4. The number of nitrogens with one attached hydrogen (secondary N) is 1. The molecule has 1 heterocycles. The molecule has 164 valence electrons. The lowest BCUT2D eigenvalue weighted by Crippen LogP contribution is -2.46. The highest BCUT2D eigenvalue weighted by Crippen LogP contribution is 2.21. The maximum absolute atomic E-state index is 13.1. The number of carbonyl (C=O) groups excluding carboxylic acids is 1. The Morgan fingerprint density at radius 2 is 1.53 bits per heavy atom. The van der Waals surface area contributed by atoms with E-state index in [1.807, 2.05) is 36.4 Å². The van der Waals surface area contributed by atoms with Crippen LogP contribution in [0.1, 0.15) is 15.9 Å². The molecule has 3 aromatic rings. The fraction of sp³-hybridized carbons (Fsp3) is 0.192. The van der Waals surface area contributed by atoms with Crippen LogP contribution in [0.15, 0.2) is 79.4 Å². The molecule has 3 aromatic carbocycles. The molecule has 0 radical (unpaired) electrons. The van der Waals surface area contributed by atoms with E-state index in [9.17, 15) is 9.18 Å². The molecule has 1 fully saturated rings. The summed E-state index contributed by atoms with van der Waals surface area (Å²) in [6, 6.07) is 21.3. The third-order valence-corrected chi connectivity index (χ3v) is 5.74. The van der Waals surface area contributed by atoms with Gasteiger partial charge in [-0.3, -0.25) is 9.69 Å². The lowest BCUT2D eigenvalue weighted by Gasteiger charge is -2.36. The summed E-state index contributed by atoms with van der Waals surface area (Å²) in [5, 5.41) is 2.84. The number of halogens is 1. The summed E-state index contributed by atoms with van der Waals surface area (Å²) in [6.45, 7) is 8.62. The largest absolute Gasteiger partial charge is 0.397 e. The minimum absolute atomic E-state index is 0.197. The van der Waals surface area contributed by atoms with E-state index in [0.717, 1.165) is 49.5 Å². The van der Waals surface area contributed by atoms with Crippen molar-refractivity contribution in [3.63, 3.8) is 0 Å². The number of piperazine rings is 1. The zero-order valence-electron chi connectivity index (χ0n) is 17.9. The van der Waals surface area contributed by atoms with E-state index in [2.05, 4.69) is 21.7 Å². The van der Waals surface area contributed by atoms with Gasteiger partial charge in [-0.2, -0.15) is 0 Å². The number of carbonyl (C=O) groups is 1. The Bertz CT molecular complexity index is 1090. The van der Waals surface area contributed by atoms with E-state index in [1.54, 1.807) is 24.3 Å². The van der Waals surface area contributed by atoms with Crippen LogP contribution in [-0.4, -0.2) is 43.5 Å². The summed E-state index contributed by atoms with van der Waals surface area (Å²) in [7, 11) is 0. The molecule has 3 N–H and O–H groups in total. The van der Waals surface area contributed by atoms with Gasteiger partial charge in [0.2, 0.25) is 0 Å². The van der Waals surface area contributed by atoms with Crippen molar-refractivity contribution < 1.29 is 9.18 Å². The highest BCUT2D eigenvalue weighted by atomic mass is 19.1. The van der Waals surface area contributed by atoms with Gasteiger partial charge >= 0.3 is 0 Å². The van der Waals surface area contributed by atoms with E-state index < -0.39 is 0 Å². The number of rotatable bonds is 6. The Labute approximate surface area is 188 Å². The lowest BCUT2D eigenvalue weighted by molar-refractivity contribution is 0.102. The van der Waals surface area contributed by atoms with Crippen molar-refractivity contribution in [1.82, 2.24) is 4.90 Å². The van der Waals surface area contributed by atoms with Crippen LogP contribution in [0.5, 0.6) is 0 Å². The highest BCUT2D eigenvalue weighted by Gasteiger charge is 2.18. The normalized spacial score (nSPS) is 14.2. The molecule has 6 heteroatoms. The van der Waals surface area contributed by atoms with Crippen LogP contribution in [-0.2, 0) is 0 Å². The first-order chi connectivity index (χ1) is 15.5. The molecule has 1 aliphatic heterocycles. The molecule has 0 saturated carbocycles. The van der Waals surface area contributed by atoms with Crippen molar-refractivity contribution in [2.24, 2.45) is 0 Å². The second-order valence-corrected chi connectivity index (χ2v) is 7.96. The zero-order chi connectivity index (χ0) is 22.5. The molecule has 0 atom stereocenters. The second-order valence-electron chi connectivity index (χ2n) is 7.96. The van der Waals surface area contributed by atoms with Gasteiger partial charge in [-0.1, -0.05) is 30.8 Å². The first-order valence-electron chi connectivity index (χ1n) is 10.7. The average molecular weight is 431 g/mol. The van der Waals surface area contributed by atoms with E-state index >= 15 is 0 Å². The Morgan fingerprint density at radius 3 is 2.19 bits per heavy atom. The van der Waals surface area contributed by atoms with Gasteiger partial charge < -0.3 is 16.0 Å². The SMILES string of the molecule is C=C(CN1CCN(c2ccc(F)cc2)CC1)c1ccc(C(=O)Nc2ccccc2N)cc1. The smallest absolute Gasteiger partial charge is 0.255 e. The fourth-order valence-electron chi connectivity index (χ4n) is 3.84. The molecule has 0 unspecified atom stereocenters. The molecule has 0 aliphatic carbocycles. The van der Waals surface area contributed by atoms with Crippen LogP contribution in [0, 0.1) is 5.82 Å². The maximum atomic E-state index is 13.1. The van der Waals surface area contributed by atoms with E-state index in [0.29, 0.717) is 16.9 Å². The Hall–Kier alpha value is -3.64. The number of nitrogens with two attached hydrogens (primary N) is 1. The molecule has 5 nitrogen and oxygen atoms in total. The lowest BCUT2D eigenvalue weighted by atomic mass is 10.0. The molecule has 1 amide bonds. The van der Waals surface area contributed by atoms with Crippen molar-refractivity contribution in [3.05, 3.63) is 96.3 Å². The Balaban J connectivity index is 1.30. The molecular formula is C26H27FN4O. The predicted octanol–water partition coefficient (Wildman–Crippen LogP) is 4.50. The fourth-order valence-corrected chi connectivity index (χ4v) is 3.84. The van der Waals surface area contributed by atoms with Crippen molar-refractivity contribution >= 4 is 28.5 Å². The number of benzene rings is 3. The zero-order valence-corrected chi connectivity index (χ0v) is 17.9. The molecule has 0 spiro atoms. The van der Waals surface area contributed by atoms with Crippen LogP contribution in [0.4, 0.5) is 21.5 Å². The van der Waals surface area contributed by atoms with Gasteiger partial charge in [-0.25, -0.2) is 4.39 Å². The number of amides is 1. The summed E-state index contributed by atoms with van der Waals surface area (Å²) < 4.78 is 13.1. The highest BCUT2D eigenvalue weighted by molar-refractivity contribution is 6.05. The van der Waals surface area contributed by atoms with E-state index in [-0.39, 0.29) is 11.7 Å². The van der Waals surface area contributed by atoms with Gasteiger partial charge in [0.05, 0.1) is 11.4 Å². The molecule has 1 aliphatic rings. The van der Waals surface area contributed by atoms with Crippen molar-refractivity contribution in [2.75, 3.05) is 48.7 Å². The Morgan fingerprint density at radius 1 is 0.906 bits per heavy atom. The number of nitrogens with zero attached hydrogens (tertiary/aromatic N) is 2. The van der Waals surface area contributed by atoms with Gasteiger partial charge in [-0.05, 0) is 59.7 Å². The molecule has 0 bridgehead atoms. The first kappa shape index (κ1) is 21.6. The maximum Gasteiger partial charge on any atom is 0.255 e. The molecule has 0 aromatic heterocycles. The van der Waals surface area contributed by atoms with Gasteiger partial charge in [-0.15, -0.1) is 0 Å². The van der Waals surface area contributed by atoms with Crippen LogP contribution < -0.4 is 16.0 Å². The quantitative estimate of drug-likeness (QED) is 0.566. The summed E-state index contributed by atoms with van der Waals surface area (Å²) >= 11 is 0. The van der Waals surface area contributed by atoms with Crippen LogP contribution in [0.2, 0.25) is 0 Å². The predicted molar refractivity (Wildman–Crippen MR) is 129 cm³/mol. The number of nitrogen functional groups attached to an aromatic ring is 1. The topological polar surface area (TPSA) is 61.6 Å². The minimum Gasteiger partial charge on any atom is -0.397 e. The monoisotopic (exact) mass is 430 g/mol. The minimum atomic E-state index is -0.212. The summed E-state index contributed by atoms with van der Waals surface area (Å²) in [4.78, 5) is 17.1. The van der Waals surface area contributed by atoms with Gasteiger partial charge in [0.1, 0.15) is 5.82 Å². The van der Waals surface area contributed by atoms with Crippen molar-refractivity contribution in [3.8, 4) is 0 Å². The number of para-hydroxylation sites is 2. The number of anilines is 3. The average Bonchev–Trinajstić information content (AvgIpc) is 2.82. The van der Waals surface area contributed by atoms with E-state index in [1.165, 1.54) is 12.1 Å². The van der Waals surface area contributed by atoms with Crippen LogP contribution in [0.3, 0.4) is 0 Å². The third-order valence-electron chi connectivity index (χ3n) is 5.74. The van der Waals surface area contributed by atoms with E-state index in [4.69, 9.17) is 5.73 Å². The Kier molecular flexibility index (Phi) is 6.52. The van der Waals surface area contributed by atoms with Crippen molar-refractivity contribution in [1.29, 1.82) is 0 Å².